The van der Waals surface area contributed by atoms with Gasteiger partial charge >= 0.3 is 6.29 Å². The molecule has 0 N–H and O–H groups in total. The number of alkyl halides is 2. The van der Waals surface area contributed by atoms with Gasteiger partial charge in [0.15, 0.2) is 16.7 Å². The van der Waals surface area contributed by atoms with Crippen LogP contribution in [0.4, 0.5) is 8.78 Å². The number of halogens is 4. The summed E-state index contributed by atoms with van der Waals surface area (Å²) in [4.78, 5) is 8.57. The second kappa shape index (κ2) is 4.91. The van der Waals surface area contributed by atoms with Crippen LogP contribution in [0.15, 0.2) is 36.4 Å². The minimum absolute atomic E-state index is 0.0961. The third-order valence-corrected chi connectivity index (χ3v) is 3.78. The molecule has 2 aromatic carbocycles. The van der Waals surface area contributed by atoms with Crippen LogP contribution in [0.25, 0.3) is 22.3 Å². The van der Waals surface area contributed by atoms with E-state index in [9.17, 15) is 8.78 Å². The van der Waals surface area contributed by atoms with E-state index in [-0.39, 0.29) is 16.7 Å². The van der Waals surface area contributed by atoms with E-state index in [1.54, 1.807) is 24.3 Å². The predicted molar refractivity (Wildman–Crippen MR) is 81.2 cm³/mol. The Morgan fingerprint density at radius 3 is 2.04 bits per heavy atom. The number of rotatable bonds is 1. The molecule has 0 unspecified atom stereocenters. The van der Waals surface area contributed by atoms with Gasteiger partial charge in [0.05, 0.1) is 11.0 Å². The van der Waals surface area contributed by atoms with Gasteiger partial charge < -0.3 is 9.47 Å². The van der Waals surface area contributed by atoms with Crippen LogP contribution in [-0.4, -0.2) is 16.3 Å². The first kappa shape index (κ1) is 14.4. The molecule has 2 heterocycles. The Labute approximate surface area is 138 Å². The first-order chi connectivity index (χ1) is 10.9. The van der Waals surface area contributed by atoms with Crippen molar-refractivity contribution in [3.63, 3.8) is 0 Å². The summed E-state index contributed by atoms with van der Waals surface area (Å²) >= 11 is 12.0. The maximum Gasteiger partial charge on any atom is 0.586 e. The number of hydrogen-bond acceptors (Lipinski definition) is 4. The third kappa shape index (κ3) is 2.54. The summed E-state index contributed by atoms with van der Waals surface area (Å²) in [7, 11) is 0. The van der Waals surface area contributed by atoms with Gasteiger partial charge in [-0.25, -0.2) is 9.97 Å². The second-order valence-electron chi connectivity index (χ2n) is 4.83. The maximum absolute atomic E-state index is 13.1. The molecule has 8 heteroatoms. The van der Waals surface area contributed by atoms with Crippen molar-refractivity contribution >= 4 is 34.2 Å². The van der Waals surface area contributed by atoms with Crippen molar-refractivity contribution < 1.29 is 18.3 Å². The van der Waals surface area contributed by atoms with E-state index in [0.717, 1.165) is 0 Å². The third-order valence-electron chi connectivity index (χ3n) is 3.26. The molecule has 4 nitrogen and oxygen atoms in total. The van der Waals surface area contributed by atoms with Crippen molar-refractivity contribution in [2.45, 2.75) is 6.29 Å². The molecule has 0 saturated heterocycles. The molecule has 0 bridgehead atoms. The minimum Gasteiger partial charge on any atom is -0.395 e. The van der Waals surface area contributed by atoms with Crippen LogP contribution in [0.2, 0.25) is 10.2 Å². The molecule has 1 aliphatic rings. The SMILES string of the molecule is FC1(F)Oc2cc3nc(Cl)c(-c4ccc(Cl)cc4)nc3cc2O1. The molecule has 0 fully saturated rings. The smallest absolute Gasteiger partial charge is 0.395 e. The van der Waals surface area contributed by atoms with Gasteiger partial charge in [-0.3, -0.25) is 0 Å². The Morgan fingerprint density at radius 2 is 1.43 bits per heavy atom. The predicted octanol–water partition coefficient (Wildman–Crippen LogP) is 4.93. The van der Waals surface area contributed by atoms with Gasteiger partial charge in [0.2, 0.25) is 0 Å². The van der Waals surface area contributed by atoms with E-state index in [0.29, 0.717) is 27.3 Å². The Morgan fingerprint density at radius 1 is 0.870 bits per heavy atom. The lowest BCUT2D eigenvalue weighted by Gasteiger charge is -2.06. The number of hydrogen-bond donors (Lipinski definition) is 0. The van der Waals surface area contributed by atoms with Crippen LogP contribution in [0.5, 0.6) is 11.5 Å². The number of nitrogens with zero attached hydrogens (tertiary/aromatic N) is 2. The molecule has 1 aromatic heterocycles. The molecule has 4 rings (SSSR count). The van der Waals surface area contributed by atoms with Crippen LogP contribution < -0.4 is 9.47 Å². The lowest BCUT2D eigenvalue weighted by Crippen LogP contribution is -2.25. The van der Waals surface area contributed by atoms with Gasteiger partial charge in [0.1, 0.15) is 5.69 Å². The van der Waals surface area contributed by atoms with Gasteiger partial charge in [0.25, 0.3) is 0 Å². The minimum atomic E-state index is -3.69. The van der Waals surface area contributed by atoms with Crippen molar-refractivity contribution in [2.24, 2.45) is 0 Å². The Bertz CT molecular complexity index is 933. The summed E-state index contributed by atoms with van der Waals surface area (Å²) < 4.78 is 35.1. The van der Waals surface area contributed by atoms with Gasteiger partial charge in [0, 0.05) is 22.7 Å². The van der Waals surface area contributed by atoms with E-state index in [1.807, 2.05) is 0 Å². The summed E-state index contributed by atoms with van der Waals surface area (Å²) in [5.41, 5.74) is 1.81. The van der Waals surface area contributed by atoms with Crippen molar-refractivity contribution in [3.8, 4) is 22.8 Å². The molecule has 1 aliphatic heterocycles. The fraction of sp³-hybridized carbons (Fsp3) is 0.0667. The van der Waals surface area contributed by atoms with E-state index >= 15 is 0 Å². The summed E-state index contributed by atoms with van der Waals surface area (Å²) in [6, 6.07) is 9.53. The summed E-state index contributed by atoms with van der Waals surface area (Å²) in [5.74, 6) is -0.201. The zero-order valence-electron chi connectivity index (χ0n) is 11.2. The molecule has 0 radical (unpaired) electrons. The van der Waals surface area contributed by atoms with Crippen molar-refractivity contribution in [1.82, 2.24) is 9.97 Å². The van der Waals surface area contributed by atoms with Crippen LogP contribution in [0, 0.1) is 0 Å². The van der Waals surface area contributed by atoms with Crippen LogP contribution in [-0.2, 0) is 0 Å². The van der Waals surface area contributed by atoms with Crippen molar-refractivity contribution in [3.05, 3.63) is 46.6 Å². The topological polar surface area (TPSA) is 44.2 Å². The van der Waals surface area contributed by atoms with Crippen LogP contribution >= 0.6 is 23.2 Å². The highest BCUT2D eigenvalue weighted by molar-refractivity contribution is 6.32. The lowest BCUT2D eigenvalue weighted by molar-refractivity contribution is -0.286. The molecule has 3 aromatic rings. The standard InChI is InChI=1S/C15H6Cl2F2N2O2/c16-8-3-1-7(2-4-8)13-14(17)21-10-6-12-11(5-9(10)20-13)22-15(18,19)23-12/h1-6H. The first-order valence-electron chi connectivity index (χ1n) is 6.44. The quantitative estimate of drug-likeness (QED) is 0.621. The lowest BCUT2D eigenvalue weighted by atomic mass is 10.1. The Balaban J connectivity index is 1.87. The second-order valence-corrected chi connectivity index (χ2v) is 5.62. The molecular formula is C15H6Cl2F2N2O2. The van der Waals surface area contributed by atoms with Crippen LogP contribution in [0.1, 0.15) is 0 Å². The highest BCUT2D eigenvalue weighted by Gasteiger charge is 2.43. The maximum atomic E-state index is 13.1. The normalized spacial score (nSPS) is 15.1. The van der Waals surface area contributed by atoms with Gasteiger partial charge in [-0.2, -0.15) is 0 Å². The van der Waals surface area contributed by atoms with E-state index in [1.165, 1.54) is 12.1 Å². The van der Waals surface area contributed by atoms with Crippen LogP contribution in [0.3, 0.4) is 0 Å². The monoisotopic (exact) mass is 354 g/mol. The molecular weight excluding hydrogens is 349 g/mol. The van der Waals surface area contributed by atoms with E-state index in [4.69, 9.17) is 23.2 Å². The van der Waals surface area contributed by atoms with E-state index in [2.05, 4.69) is 19.4 Å². The Hall–Kier alpha value is -2.18. The van der Waals surface area contributed by atoms with Crippen molar-refractivity contribution in [2.75, 3.05) is 0 Å². The van der Waals surface area contributed by atoms with Crippen molar-refractivity contribution in [1.29, 1.82) is 0 Å². The number of aromatic nitrogens is 2. The van der Waals surface area contributed by atoms with Gasteiger partial charge in [-0.05, 0) is 12.1 Å². The zero-order valence-corrected chi connectivity index (χ0v) is 12.7. The molecule has 0 atom stereocenters. The molecule has 116 valence electrons. The molecule has 0 saturated carbocycles. The summed E-state index contributed by atoms with van der Waals surface area (Å²) in [5, 5.41) is 0.717. The number of benzene rings is 2. The fourth-order valence-electron chi connectivity index (χ4n) is 2.27. The highest BCUT2D eigenvalue weighted by Crippen LogP contribution is 2.43. The first-order valence-corrected chi connectivity index (χ1v) is 7.20. The van der Waals surface area contributed by atoms with Gasteiger partial charge in [-0.1, -0.05) is 35.3 Å². The van der Waals surface area contributed by atoms with Gasteiger partial charge in [-0.15, -0.1) is 8.78 Å². The molecule has 0 spiro atoms. The summed E-state index contributed by atoms with van der Waals surface area (Å²) in [6.45, 7) is 0. The molecule has 23 heavy (non-hydrogen) atoms. The molecule has 0 aliphatic carbocycles. The fourth-order valence-corrected chi connectivity index (χ4v) is 2.64. The molecule has 0 amide bonds. The average molecular weight is 355 g/mol. The summed E-state index contributed by atoms with van der Waals surface area (Å²) in [6.07, 6.45) is -3.69. The zero-order chi connectivity index (χ0) is 16.2. The Kier molecular flexibility index (Phi) is 3.08. The largest absolute Gasteiger partial charge is 0.586 e. The highest BCUT2D eigenvalue weighted by atomic mass is 35.5. The number of fused-ring (bicyclic) bond motifs is 2. The average Bonchev–Trinajstić information content (AvgIpc) is 2.78. The van der Waals surface area contributed by atoms with E-state index < -0.39 is 6.29 Å². The number of ether oxygens (including phenoxy) is 2.